The van der Waals surface area contributed by atoms with Gasteiger partial charge in [0, 0.05) is 11.6 Å². The van der Waals surface area contributed by atoms with E-state index in [1.165, 1.54) is 0 Å². The van der Waals surface area contributed by atoms with E-state index < -0.39 is 5.54 Å². The molecule has 0 aromatic heterocycles. The van der Waals surface area contributed by atoms with E-state index in [2.05, 4.69) is 5.32 Å². The van der Waals surface area contributed by atoms with Crippen LogP contribution in [0.2, 0.25) is 5.02 Å². The Balaban J connectivity index is 2.59. The van der Waals surface area contributed by atoms with E-state index in [9.17, 15) is 4.79 Å². The number of halogens is 1. The van der Waals surface area contributed by atoms with Crippen LogP contribution in [-0.4, -0.2) is 11.4 Å². The zero-order valence-corrected chi connectivity index (χ0v) is 12.5. The first-order valence-corrected chi connectivity index (χ1v) is 7.21. The van der Waals surface area contributed by atoms with E-state index >= 15 is 0 Å². The number of hydrogen-bond acceptors (Lipinski definition) is 2. The number of amides is 1. The molecule has 3 nitrogen and oxygen atoms in total. The van der Waals surface area contributed by atoms with Crippen molar-refractivity contribution in [3.8, 4) is 0 Å². The van der Waals surface area contributed by atoms with E-state index in [4.69, 9.17) is 17.3 Å². The van der Waals surface area contributed by atoms with E-state index in [0.717, 1.165) is 18.4 Å². The predicted molar refractivity (Wildman–Crippen MR) is 80.0 cm³/mol. The maximum atomic E-state index is 12.2. The second kappa shape index (κ2) is 7.51. The standard InChI is InChI=1S/C15H23ClN2O/c1-3-9-15(17,10-4-2)14(19)18-11-12-5-7-13(16)8-6-12/h5-8H,3-4,9-11,17H2,1-2H3,(H,18,19). The lowest BCUT2D eigenvalue weighted by Crippen LogP contribution is -2.53. The summed E-state index contributed by atoms with van der Waals surface area (Å²) in [6.45, 7) is 4.58. The van der Waals surface area contributed by atoms with Crippen molar-refractivity contribution in [2.45, 2.75) is 51.6 Å². The van der Waals surface area contributed by atoms with Gasteiger partial charge in [0.05, 0.1) is 5.54 Å². The first-order valence-electron chi connectivity index (χ1n) is 6.83. The summed E-state index contributed by atoms with van der Waals surface area (Å²) in [5.41, 5.74) is 6.50. The summed E-state index contributed by atoms with van der Waals surface area (Å²) >= 11 is 5.82. The number of nitrogens with two attached hydrogens (primary N) is 1. The van der Waals surface area contributed by atoms with Crippen LogP contribution in [0.1, 0.15) is 45.1 Å². The maximum Gasteiger partial charge on any atom is 0.240 e. The third-order valence-electron chi connectivity index (χ3n) is 3.21. The molecule has 0 fully saturated rings. The Morgan fingerprint density at radius 1 is 1.21 bits per heavy atom. The van der Waals surface area contributed by atoms with Gasteiger partial charge < -0.3 is 11.1 Å². The molecule has 0 saturated carbocycles. The maximum absolute atomic E-state index is 12.2. The predicted octanol–water partition coefficient (Wildman–Crippen LogP) is 3.25. The van der Waals surface area contributed by atoms with Crippen molar-refractivity contribution in [3.05, 3.63) is 34.9 Å². The Labute approximate surface area is 120 Å². The lowest BCUT2D eigenvalue weighted by molar-refractivity contribution is -0.127. The number of carbonyl (C=O) groups excluding carboxylic acids is 1. The lowest BCUT2D eigenvalue weighted by atomic mass is 9.89. The lowest BCUT2D eigenvalue weighted by Gasteiger charge is -2.27. The zero-order chi connectivity index (χ0) is 14.3. The van der Waals surface area contributed by atoms with Crippen LogP contribution in [0.25, 0.3) is 0 Å². The molecule has 0 aliphatic heterocycles. The summed E-state index contributed by atoms with van der Waals surface area (Å²) in [6.07, 6.45) is 3.25. The Kier molecular flexibility index (Phi) is 6.32. The molecule has 0 spiro atoms. The Hall–Kier alpha value is -1.06. The molecule has 19 heavy (non-hydrogen) atoms. The van der Waals surface area contributed by atoms with Gasteiger partial charge in [-0.1, -0.05) is 50.4 Å². The van der Waals surface area contributed by atoms with Crippen molar-refractivity contribution >= 4 is 17.5 Å². The number of carbonyl (C=O) groups is 1. The van der Waals surface area contributed by atoms with Gasteiger partial charge in [0.15, 0.2) is 0 Å². The SMILES string of the molecule is CCCC(N)(CCC)C(=O)NCc1ccc(Cl)cc1. The van der Waals surface area contributed by atoms with Crippen LogP contribution >= 0.6 is 11.6 Å². The van der Waals surface area contributed by atoms with Gasteiger partial charge in [-0.05, 0) is 30.5 Å². The number of rotatable bonds is 7. The van der Waals surface area contributed by atoms with Gasteiger partial charge in [-0.25, -0.2) is 0 Å². The topological polar surface area (TPSA) is 55.1 Å². The highest BCUT2D eigenvalue weighted by molar-refractivity contribution is 6.30. The third-order valence-corrected chi connectivity index (χ3v) is 3.46. The minimum atomic E-state index is -0.740. The molecule has 0 bridgehead atoms. The first kappa shape index (κ1) is 16.0. The van der Waals surface area contributed by atoms with Crippen LogP contribution < -0.4 is 11.1 Å². The van der Waals surface area contributed by atoms with Gasteiger partial charge in [0.25, 0.3) is 0 Å². The minimum absolute atomic E-state index is 0.0637. The summed E-state index contributed by atoms with van der Waals surface area (Å²) in [5.74, 6) is -0.0637. The van der Waals surface area contributed by atoms with Crippen molar-refractivity contribution in [1.29, 1.82) is 0 Å². The molecule has 0 aliphatic rings. The molecular weight excluding hydrogens is 260 g/mol. The number of nitrogens with one attached hydrogen (secondary N) is 1. The molecule has 106 valence electrons. The summed E-state index contributed by atoms with van der Waals surface area (Å²) < 4.78 is 0. The fraction of sp³-hybridized carbons (Fsp3) is 0.533. The fourth-order valence-electron chi connectivity index (χ4n) is 2.20. The monoisotopic (exact) mass is 282 g/mol. The molecular formula is C15H23ClN2O. The molecule has 0 atom stereocenters. The van der Waals surface area contributed by atoms with Gasteiger partial charge in [0.2, 0.25) is 5.91 Å². The molecule has 1 aromatic carbocycles. The largest absolute Gasteiger partial charge is 0.350 e. The van der Waals surface area contributed by atoms with Crippen molar-refractivity contribution in [1.82, 2.24) is 5.32 Å². The zero-order valence-electron chi connectivity index (χ0n) is 11.7. The van der Waals surface area contributed by atoms with Gasteiger partial charge >= 0.3 is 0 Å². The summed E-state index contributed by atoms with van der Waals surface area (Å²) in [5, 5.41) is 3.62. The van der Waals surface area contributed by atoms with E-state index in [1.807, 2.05) is 38.1 Å². The van der Waals surface area contributed by atoms with Crippen LogP contribution in [-0.2, 0) is 11.3 Å². The Bertz CT molecular complexity index is 397. The molecule has 0 saturated heterocycles. The van der Waals surface area contributed by atoms with Crippen LogP contribution in [0.15, 0.2) is 24.3 Å². The van der Waals surface area contributed by atoms with Crippen LogP contribution in [0.4, 0.5) is 0 Å². The van der Waals surface area contributed by atoms with Crippen molar-refractivity contribution < 1.29 is 4.79 Å². The van der Waals surface area contributed by atoms with Crippen LogP contribution in [0.3, 0.4) is 0 Å². The quantitative estimate of drug-likeness (QED) is 0.806. The average Bonchev–Trinajstić information content (AvgIpc) is 2.38. The van der Waals surface area contributed by atoms with Crippen molar-refractivity contribution in [2.24, 2.45) is 5.73 Å². The summed E-state index contributed by atoms with van der Waals surface area (Å²) in [7, 11) is 0. The van der Waals surface area contributed by atoms with Crippen molar-refractivity contribution in [2.75, 3.05) is 0 Å². The highest BCUT2D eigenvalue weighted by atomic mass is 35.5. The normalized spacial score (nSPS) is 11.4. The molecule has 0 unspecified atom stereocenters. The number of hydrogen-bond donors (Lipinski definition) is 2. The molecule has 0 aliphatic carbocycles. The second-order valence-corrected chi connectivity index (χ2v) is 5.40. The molecule has 3 N–H and O–H groups in total. The first-order chi connectivity index (χ1) is 9.01. The number of benzene rings is 1. The van der Waals surface area contributed by atoms with Gasteiger partial charge in [-0.3, -0.25) is 4.79 Å². The highest BCUT2D eigenvalue weighted by Gasteiger charge is 2.31. The third kappa shape index (κ3) is 4.84. The summed E-state index contributed by atoms with van der Waals surface area (Å²) in [4.78, 5) is 12.2. The molecule has 0 heterocycles. The fourth-order valence-corrected chi connectivity index (χ4v) is 2.33. The minimum Gasteiger partial charge on any atom is -0.350 e. The Morgan fingerprint density at radius 2 is 1.74 bits per heavy atom. The van der Waals surface area contributed by atoms with E-state index in [-0.39, 0.29) is 5.91 Å². The van der Waals surface area contributed by atoms with E-state index in [1.54, 1.807) is 0 Å². The van der Waals surface area contributed by atoms with Crippen molar-refractivity contribution in [3.63, 3.8) is 0 Å². The highest BCUT2D eigenvalue weighted by Crippen LogP contribution is 2.17. The average molecular weight is 283 g/mol. The molecule has 1 aromatic rings. The smallest absolute Gasteiger partial charge is 0.240 e. The van der Waals surface area contributed by atoms with Gasteiger partial charge in [0.1, 0.15) is 0 Å². The molecule has 0 radical (unpaired) electrons. The molecule has 1 rings (SSSR count). The van der Waals surface area contributed by atoms with Gasteiger partial charge in [-0.2, -0.15) is 0 Å². The summed E-state index contributed by atoms with van der Waals surface area (Å²) in [6, 6.07) is 7.44. The van der Waals surface area contributed by atoms with E-state index in [0.29, 0.717) is 24.4 Å². The molecule has 1 amide bonds. The van der Waals surface area contributed by atoms with Gasteiger partial charge in [-0.15, -0.1) is 0 Å². The second-order valence-electron chi connectivity index (χ2n) is 4.97. The molecule has 4 heteroatoms. The Morgan fingerprint density at radius 3 is 2.21 bits per heavy atom. The van der Waals surface area contributed by atoms with Crippen LogP contribution in [0.5, 0.6) is 0 Å². The van der Waals surface area contributed by atoms with Crippen LogP contribution in [0, 0.1) is 0 Å².